The van der Waals surface area contributed by atoms with Crippen molar-refractivity contribution in [2.24, 2.45) is 0 Å². The number of benzene rings is 3. The van der Waals surface area contributed by atoms with E-state index in [0.29, 0.717) is 35.0 Å². The summed E-state index contributed by atoms with van der Waals surface area (Å²) >= 11 is 0. The van der Waals surface area contributed by atoms with Crippen LogP contribution in [-0.4, -0.2) is 25.5 Å². The number of nitrogens with one attached hydrogen (secondary N) is 1. The lowest BCUT2D eigenvalue weighted by molar-refractivity contribution is -0.121. The first kappa shape index (κ1) is 18.6. The summed E-state index contributed by atoms with van der Waals surface area (Å²) in [7, 11) is 1.56. The molecule has 3 aromatic rings. The SMILES string of the molecule is COc1cccc(C(=O)Nc2ccc3c(c2)OCC(=O)N3Cc2ccccc2)c1. The van der Waals surface area contributed by atoms with Crippen LogP contribution in [0.15, 0.2) is 72.8 Å². The molecule has 4 rings (SSSR count). The van der Waals surface area contributed by atoms with Crippen molar-refractivity contribution in [1.29, 1.82) is 0 Å². The smallest absolute Gasteiger partial charge is 0.265 e. The van der Waals surface area contributed by atoms with Gasteiger partial charge in [0.05, 0.1) is 19.3 Å². The standard InChI is InChI=1S/C23H20N2O4/c1-28-19-9-5-8-17(12-19)23(27)24-18-10-11-20-21(13-18)29-15-22(26)25(20)14-16-6-3-2-4-7-16/h2-13H,14-15H2,1H3,(H,24,27). The minimum absolute atomic E-state index is 0.0346. The summed E-state index contributed by atoms with van der Waals surface area (Å²) in [4.78, 5) is 26.6. The highest BCUT2D eigenvalue weighted by Crippen LogP contribution is 2.35. The Morgan fingerprint density at radius 3 is 2.69 bits per heavy atom. The largest absolute Gasteiger partial charge is 0.497 e. The molecule has 0 unspecified atom stereocenters. The molecule has 29 heavy (non-hydrogen) atoms. The van der Waals surface area contributed by atoms with Gasteiger partial charge in [-0.3, -0.25) is 9.59 Å². The van der Waals surface area contributed by atoms with E-state index in [1.54, 1.807) is 54.5 Å². The zero-order valence-corrected chi connectivity index (χ0v) is 15.9. The van der Waals surface area contributed by atoms with Crippen LogP contribution in [0, 0.1) is 0 Å². The molecule has 3 aromatic carbocycles. The molecule has 0 fully saturated rings. The van der Waals surface area contributed by atoms with Crippen molar-refractivity contribution in [3.05, 3.63) is 83.9 Å². The van der Waals surface area contributed by atoms with Crippen LogP contribution in [0.2, 0.25) is 0 Å². The Morgan fingerprint density at radius 2 is 1.90 bits per heavy atom. The fourth-order valence-electron chi connectivity index (χ4n) is 3.19. The zero-order valence-electron chi connectivity index (χ0n) is 15.9. The molecule has 1 N–H and O–H groups in total. The van der Waals surface area contributed by atoms with Crippen LogP contribution in [0.25, 0.3) is 0 Å². The van der Waals surface area contributed by atoms with Gasteiger partial charge in [0.1, 0.15) is 11.5 Å². The van der Waals surface area contributed by atoms with Crippen LogP contribution >= 0.6 is 0 Å². The molecule has 0 aromatic heterocycles. The van der Waals surface area contributed by atoms with E-state index in [2.05, 4.69) is 5.32 Å². The highest BCUT2D eigenvalue weighted by molar-refractivity contribution is 6.05. The van der Waals surface area contributed by atoms with Gasteiger partial charge in [-0.15, -0.1) is 0 Å². The minimum Gasteiger partial charge on any atom is -0.497 e. The van der Waals surface area contributed by atoms with Gasteiger partial charge in [0.25, 0.3) is 11.8 Å². The van der Waals surface area contributed by atoms with Crippen molar-refractivity contribution in [2.45, 2.75) is 6.54 Å². The molecule has 146 valence electrons. The third kappa shape index (κ3) is 4.06. The van der Waals surface area contributed by atoms with Crippen molar-refractivity contribution in [2.75, 3.05) is 23.9 Å². The second kappa shape index (κ2) is 8.06. The van der Waals surface area contributed by atoms with Crippen LogP contribution < -0.4 is 19.7 Å². The molecule has 0 spiro atoms. The highest BCUT2D eigenvalue weighted by atomic mass is 16.5. The van der Waals surface area contributed by atoms with Crippen molar-refractivity contribution in [3.63, 3.8) is 0 Å². The Labute approximate surface area is 168 Å². The first-order chi connectivity index (χ1) is 14.1. The summed E-state index contributed by atoms with van der Waals surface area (Å²) in [6.07, 6.45) is 0. The Hall–Kier alpha value is -3.80. The van der Waals surface area contributed by atoms with Crippen LogP contribution in [0.3, 0.4) is 0 Å². The Balaban J connectivity index is 1.55. The van der Waals surface area contributed by atoms with Gasteiger partial charge in [-0.25, -0.2) is 0 Å². The first-order valence-electron chi connectivity index (χ1n) is 9.20. The molecule has 1 aliphatic rings. The van der Waals surface area contributed by atoms with Crippen molar-refractivity contribution in [3.8, 4) is 11.5 Å². The van der Waals surface area contributed by atoms with Gasteiger partial charge < -0.3 is 19.7 Å². The Kier molecular flexibility index (Phi) is 5.16. The average molecular weight is 388 g/mol. The topological polar surface area (TPSA) is 67.9 Å². The lowest BCUT2D eigenvalue weighted by Crippen LogP contribution is -2.38. The van der Waals surface area contributed by atoms with E-state index in [9.17, 15) is 9.59 Å². The van der Waals surface area contributed by atoms with Gasteiger partial charge in [0, 0.05) is 17.3 Å². The van der Waals surface area contributed by atoms with Gasteiger partial charge in [-0.1, -0.05) is 36.4 Å². The highest BCUT2D eigenvalue weighted by Gasteiger charge is 2.26. The van der Waals surface area contributed by atoms with E-state index in [1.165, 1.54) is 0 Å². The minimum atomic E-state index is -0.253. The molecule has 6 nitrogen and oxygen atoms in total. The normalized spacial score (nSPS) is 12.7. The fraction of sp³-hybridized carbons (Fsp3) is 0.130. The number of carbonyl (C=O) groups is 2. The van der Waals surface area contributed by atoms with Gasteiger partial charge in [0.2, 0.25) is 0 Å². The number of fused-ring (bicyclic) bond motifs is 1. The molecule has 0 saturated carbocycles. The van der Waals surface area contributed by atoms with E-state index < -0.39 is 0 Å². The maximum absolute atomic E-state index is 12.5. The summed E-state index contributed by atoms with van der Waals surface area (Å²) in [6.45, 7) is 0.429. The second-order valence-corrected chi connectivity index (χ2v) is 6.62. The number of anilines is 2. The van der Waals surface area contributed by atoms with Crippen molar-refractivity contribution >= 4 is 23.2 Å². The molecule has 0 atom stereocenters. The van der Waals surface area contributed by atoms with Crippen LogP contribution in [0.1, 0.15) is 15.9 Å². The number of methoxy groups -OCH3 is 1. The summed E-state index contributed by atoms with van der Waals surface area (Å²) < 4.78 is 10.8. The molecule has 0 radical (unpaired) electrons. The fourth-order valence-corrected chi connectivity index (χ4v) is 3.19. The lowest BCUT2D eigenvalue weighted by atomic mass is 10.1. The van der Waals surface area contributed by atoms with Crippen molar-refractivity contribution < 1.29 is 19.1 Å². The number of nitrogens with zero attached hydrogens (tertiary/aromatic N) is 1. The van der Waals surface area contributed by atoms with Crippen LogP contribution in [0.4, 0.5) is 11.4 Å². The third-order valence-electron chi connectivity index (χ3n) is 4.68. The van der Waals surface area contributed by atoms with Gasteiger partial charge in [0.15, 0.2) is 6.61 Å². The summed E-state index contributed by atoms with van der Waals surface area (Å²) in [5, 5.41) is 2.86. The van der Waals surface area contributed by atoms with Gasteiger partial charge in [-0.2, -0.15) is 0 Å². The maximum Gasteiger partial charge on any atom is 0.265 e. The zero-order chi connectivity index (χ0) is 20.2. The number of hydrogen-bond donors (Lipinski definition) is 1. The summed E-state index contributed by atoms with van der Waals surface area (Å²) in [6, 6.07) is 22.0. The quantitative estimate of drug-likeness (QED) is 0.720. The molecule has 6 heteroatoms. The van der Waals surface area contributed by atoms with E-state index in [4.69, 9.17) is 9.47 Å². The van der Waals surface area contributed by atoms with Crippen molar-refractivity contribution in [1.82, 2.24) is 0 Å². The van der Waals surface area contributed by atoms with Gasteiger partial charge >= 0.3 is 0 Å². The summed E-state index contributed by atoms with van der Waals surface area (Å²) in [5.41, 5.74) is 2.79. The molecule has 0 saturated heterocycles. The predicted molar refractivity (Wildman–Crippen MR) is 111 cm³/mol. The number of ether oxygens (including phenoxy) is 2. The molecule has 2 amide bonds. The van der Waals surface area contributed by atoms with E-state index in [0.717, 1.165) is 5.56 Å². The number of hydrogen-bond acceptors (Lipinski definition) is 4. The monoisotopic (exact) mass is 388 g/mol. The number of amides is 2. The molecule has 0 bridgehead atoms. The first-order valence-corrected chi connectivity index (χ1v) is 9.20. The number of carbonyl (C=O) groups excluding carboxylic acids is 2. The third-order valence-corrected chi connectivity index (χ3v) is 4.68. The van der Waals surface area contributed by atoms with E-state index in [-0.39, 0.29) is 18.4 Å². The van der Waals surface area contributed by atoms with Gasteiger partial charge in [-0.05, 0) is 35.9 Å². The molecule has 1 aliphatic heterocycles. The Bertz CT molecular complexity index is 1050. The second-order valence-electron chi connectivity index (χ2n) is 6.62. The predicted octanol–water partition coefficient (Wildman–Crippen LogP) is 3.87. The molecule has 0 aliphatic carbocycles. The maximum atomic E-state index is 12.5. The lowest BCUT2D eigenvalue weighted by Gasteiger charge is -2.29. The van der Waals surface area contributed by atoms with Crippen LogP contribution in [0.5, 0.6) is 11.5 Å². The van der Waals surface area contributed by atoms with Crippen LogP contribution in [-0.2, 0) is 11.3 Å². The molecule has 1 heterocycles. The Morgan fingerprint density at radius 1 is 1.07 bits per heavy atom. The summed E-state index contributed by atoms with van der Waals surface area (Å²) in [5.74, 6) is 0.817. The molecular formula is C23H20N2O4. The average Bonchev–Trinajstić information content (AvgIpc) is 2.76. The molecular weight excluding hydrogens is 368 g/mol. The number of rotatable bonds is 5. The van der Waals surface area contributed by atoms with E-state index in [1.807, 2.05) is 30.3 Å². The van der Waals surface area contributed by atoms with E-state index >= 15 is 0 Å².